The molecule has 1 aromatic carbocycles. The third-order valence-corrected chi connectivity index (χ3v) is 6.40. The van der Waals surface area contributed by atoms with Crippen LogP contribution in [0.3, 0.4) is 0 Å². The van der Waals surface area contributed by atoms with Gasteiger partial charge >= 0.3 is 0 Å². The van der Waals surface area contributed by atoms with Gasteiger partial charge in [0.2, 0.25) is 23.8 Å². The number of fused-ring (bicyclic) bond motifs is 1. The molecule has 13 heteroatoms. The van der Waals surface area contributed by atoms with E-state index < -0.39 is 12.2 Å². The van der Waals surface area contributed by atoms with Gasteiger partial charge in [-0.3, -0.25) is 9.36 Å². The summed E-state index contributed by atoms with van der Waals surface area (Å²) in [7, 11) is 0. The number of alkyl halides is 3. The maximum absolute atomic E-state index is 14.1. The first-order chi connectivity index (χ1) is 16.9. The van der Waals surface area contributed by atoms with Crippen LogP contribution in [0.4, 0.5) is 20.7 Å². The number of aromatic nitrogens is 5. The largest absolute Gasteiger partial charge is 0.378 e. The molecule has 0 radical (unpaired) electrons. The molecule has 0 aliphatic carbocycles. The first-order valence-corrected chi connectivity index (χ1v) is 11.9. The van der Waals surface area contributed by atoms with E-state index in [1.165, 1.54) is 4.57 Å². The van der Waals surface area contributed by atoms with Gasteiger partial charge in [-0.05, 0) is 25.0 Å². The second-order valence-electron chi connectivity index (χ2n) is 8.52. The molecule has 1 N–H and O–H groups in total. The molecule has 2 saturated heterocycles. The molecule has 3 aromatic rings. The Balaban J connectivity index is 1.60. The van der Waals surface area contributed by atoms with Gasteiger partial charge in [0, 0.05) is 32.2 Å². The molecule has 0 bridgehead atoms. The molecule has 4 heterocycles. The predicted molar refractivity (Wildman–Crippen MR) is 127 cm³/mol. The zero-order valence-electron chi connectivity index (χ0n) is 19.1. The number of amides is 1. The molecule has 1 amide bonds. The first kappa shape index (κ1) is 23.6. The molecule has 5 rings (SSSR count). The lowest BCUT2D eigenvalue weighted by Gasteiger charge is -2.28. The van der Waals surface area contributed by atoms with Crippen molar-refractivity contribution in [3.8, 4) is 5.95 Å². The van der Waals surface area contributed by atoms with E-state index in [-0.39, 0.29) is 23.8 Å². The zero-order valence-corrected chi connectivity index (χ0v) is 19.9. The van der Waals surface area contributed by atoms with Gasteiger partial charge in [0.25, 0.3) is 6.43 Å². The average Bonchev–Trinajstić information content (AvgIpc) is 3.50. The predicted octanol–water partition coefficient (Wildman–Crippen LogP) is 2.23. The number of aryl methyl sites for hydroxylation is 1. The Bertz CT molecular complexity index is 1230. The van der Waals surface area contributed by atoms with Crippen molar-refractivity contribution in [2.75, 3.05) is 55.1 Å². The van der Waals surface area contributed by atoms with Crippen LogP contribution in [0.25, 0.3) is 17.0 Å². The Morgan fingerprint density at radius 2 is 1.83 bits per heavy atom. The minimum atomic E-state index is -2.82. The van der Waals surface area contributed by atoms with E-state index in [0.717, 1.165) is 5.56 Å². The number of nitrogens with one attached hydrogen (secondary N) is 1. The lowest BCUT2D eigenvalue weighted by Crippen LogP contribution is -2.39. The summed E-state index contributed by atoms with van der Waals surface area (Å²) in [5, 5.41) is 2.88. The third-order valence-electron chi connectivity index (χ3n) is 6.16. The number of carbonyl (C=O) groups is 1. The van der Waals surface area contributed by atoms with Crippen LogP contribution in [0.5, 0.6) is 0 Å². The summed E-state index contributed by atoms with van der Waals surface area (Å²) in [5.41, 5.74) is 1.75. The molecule has 2 aliphatic rings. The molecule has 2 aromatic heterocycles. The molecule has 1 atom stereocenters. The van der Waals surface area contributed by atoms with E-state index in [9.17, 15) is 13.6 Å². The Hall–Kier alpha value is -3.12. The van der Waals surface area contributed by atoms with Crippen LogP contribution in [0.1, 0.15) is 24.2 Å². The smallest absolute Gasteiger partial charge is 0.296 e. The van der Waals surface area contributed by atoms with Crippen LogP contribution in [0.15, 0.2) is 18.2 Å². The molecule has 0 saturated carbocycles. The number of imidazole rings is 1. The summed E-state index contributed by atoms with van der Waals surface area (Å²) in [6.45, 7) is 5.06. The van der Waals surface area contributed by atoms with E-state index in [1.54, 1.807) is 12.1 Å². The summed E-state index contributed by atoms with van der Waals surface area (Å²) >= 11 is 5.62. The number of nitrogens with zero attached hydrogens (tertiary/aromatic N) is 7. The highest BCUT2D eigenvalue weighted by Gasteiger charge is 2.29. The van der Waals surface area contributed by atoms with E-state index >= 15 is 0 Å². The SMILES string of the molecule is Cc1cccc2c1nc(C(F)F)n2-c1nc(N2CCOCC2)nc(N2CC[C@H](NC(=O)CCl)C2)n1. The van der Waals surface area contributed by atoms with Crippen LogP contribution in [-0.4, -0.2) is 81.7 Å². The average molecular weight is 507 g/mol. The monoisotopic (exact) mass is 506 g/mol. The van der Waals surface area contributed by atoms with Gasteiger partial charge < -0.3 is 19.9 Å². The number of benzene rings is 1. The lowest BCUT2D eigenvalue weighted by molar-refractivity contribution is -0.119. The highest BCUT2D eigenvalue weighted by Crippen LogP contribution is 2.30. The Kier molecular flexibility index (Phi) is 6.65. The van der Waals surface area contributed by atoms with Crippen LogP contribution < -0.4 is 15.1 Å². The first-order valence-electron chi connectivity index (χ1n) is 11.4. The van der Waals surface area contributed by atoms with Gasteiger partial charge in [0.05, 0.1) is 24.2 Å². The van der Waals surface area contributed by atoms with Crippen molar-refractivity contribution in [2.45, 2.75) is 25.8 Å². The fourth-order valence-corrected chi connectivity index (χ4v) is 4.51. The molecular weight excluding hydrogens is 482 g/mol. The number of ether oxygens (including phenoxy) is 1. The van der Waals surface area contributed by atoms with Gasteiger partial charge in [0.15, 0.2) is 5.82 Å². The normalized spacial score (nSPS) is 18.6. The molecule has 2 fully saturated rings. The summed E-state index contributed by atoms with van der Waals surface area (Å²) in [6, 6.07) is 5.24. The van der Waals surface area contributed by atoms with Crippen molar-refractivity contribution in [1.82, 2.24) is 29.8 Å². The van der Waals surface area contributed by atoms with E-state index in [2.05, 4.69) is 25.3 Å². The summed E-state index contributed by atoms with van der Waals surface area (Å²) in [5.74, 6) is 0.0360. The molecule has 10 nitrogen and oxygen atoms in total. The number of para-hydroxylation sites is 1. The van der Waals surface area contributed by atoms with Crippen LogP contribution in [0, 0.1) is 6.92 Å². The van der Waals surface area contributed by atoms with Gasteiger partial charge in [-0.25, -0.2) is 13.8 Å². The molecule has 2 aliphatic heterocycles. The van der Waals surface area contributed by atoms with Gasteiger partial charge in [-0.1, -0.05) is 12.1 Å². The topological polar surface area (TPSA) is 101 Å². The molecule has 0 spiro atoms. The lowest BCUT2D eigenvalue weighted by atomic mass is 10.2. The molecule has 35 heavy (non-hydrogen) atoms. The maximum atomic E-state index is 14.1. The van der Waals surface area contributed by atoms with E-state index in [0.29, 0.717) is 68.7 Å². The van der Waals surface area contributed by atoms with Gasteiger partial charge in [0.1, 0.15) is 5.88 Å². The van der Waals surface area contributed by atoms with Crippen LogP contribution >= 0.6 is 11.6 Å². The minimum absolute atomic E-state index is 0.0770. The van der Waals surface area contributed by atoms with Crippen molar-refractivity contribution in [2.24, 2.45) is 0 Å². The highest BCUT2D eigenvalue weighted by molar-refractivity contribution is 6.27. The quantitative estimate of drug-likeness (QED) is 0.508. The number of hydrogen-bond acceptors (Lipinski definition) is 8. The second kappa shape index (κ2) is 9.86. The van der Waals surface area contributed by atoms with Crippen molar-refractivity contribution in [1.29, 1.82) is 0 Å². The highest BCUT2D eigenvalue weighted by atomic mass is 35.5. The van der Waals surface area contributed by atoms with Gasteiger partial charge in [-0.2, -0.15) is 15.0 Å². The van der Waals surface area contributed by atoms with Crippen molar-refractivity contribution >= 4 is 40.4 Å². The number of anilines is 2. The van der Waals surface area contributed by atoms with Crippen LogP contribution in [0.2, 0.25) is 0 Å². The Morgan fingerprint density at radius 1 is 1.11 bits per heavy atom. The maximum Gasteiger partial charge on any atom is 0.296 e. The standard InChI is InChI=1S/C22H25ClF2N8O2/c1-13-3-2-4-15-17(13)27-19(18(24)25)33(15)22-29-20(31-7-9-35-10-8-31)28-21(30-22)32-6-5-14(12-32)26-16(34)11-23/h2-4,14,18H,5-12H2,1H3,(H,26,34)/t14-/m0/s1. The fourth-order valence-electron chi connectivity index (χ4n) is 4.43. The fraction of sp³-hybridized carbons (Fsp3) is 0.500. The summed E-state index contributed by atoms with van der Waals surface area (Å²) < 4.78 is 35.0. The van der Waals surface area contributed by atoms with Crippen molar-refractivity contribution < 1.29 is 18.3 Å². The number of hydrogen-bond donors (Lipinski definition) is 1. The van der Waals surface area contributed by atoms with Crippen molar-refractivity contribution in [3.63, 3.8) is 0 Å². The summed E-state index contributed by atoms with van der Waals surface area (Å²) in [6.07, 6.45) is -2.14. The van der Waals surface area contributed by atoms with Crippen molar-refractivity contribution in [3.05, 3.63) is 29.6 Å². The summed E-state index contributed by atoms with van der Waals surface area (Å²) in [4.78, 5) is 33.7. The second-order valence-corrected chi connectivity index (χ2v) is 8.78. The van der Waals surface area contributed by atoms with Gasteiger partial charge in [-0.15, -0.1) is 11.6 Å². The number of rotatable bonds is 6. The van der Waals surface area contributed by atoms with E-state index in [1.807, 2.05) is 22.8 Å². The molecule has 186 valence electrons. The number of carbonyl (C=O) groups excluding carboxylic acids is 1. The number of halogens is 3. The molecular formula is C22H25ClF2N8O2. The zero-order chi connectivity index (χ0) is 24.5. The number of morpholine rings is 1. The van der Waals surface area contributed by atoms with Crippen LogP contribution in [-0.2, 0) is 9.53 Å². The Labute approximate surface area is 205 Å². The third kappa shape index (κ3) is 4.72. The van der Waals surface area contributed by atoms with E-state index in [4.69, 9.17) is 16.3 Å². The molecule has 0 unspecified atom stereocenters. The Morgan fingerprint density at radius 3 is 2.54 bits per heavy atom. The minimum Gasteiger partial charge on any atom is -0.378 e.